The Labute approximate surface area is 150 Å². The van der Waals surface area contributed by atoms with Gasteiger partial charge in [-0.3, -0.25) is 0 Å². The van der Waals surface area contributed by atoms with E-state index in [1.54, 1.807) is 6.92 Å². The van der Waals surface area contributed by atoms with E-state index in [0.29, 0.717) is 23.5 Å². The van der Waals surface area contributed by atoms with E-state index in [1.165, 1.54) is 15.7 Å². The summed E-state index contributed by atoms with van der Waals surface area (Å²) >= 11 is 5.72. The third-order valence-electron chi connectivity index (χ3n) is 4.46. The van der Waals surface area contributed by atoms with Gasteiger partial charge in [0.25, 0.3) is 5.78 Å². The second-order valence-electron chi connectivity index (χ2n) is 6.03. The van der Waals surface area contributed by atoms with Crippen molar-refractivity contribution < 1.29 is 17.6 Å². The molecule has 3 heterocycles. The van der Waals surface area contributed by atoms with Gasteiger partial charge in [-0.05, 0) is 31.0 Å². The van der Waals surface area contributed by atoms with Crippen molar-refractivity contribution in [3.63, 3.8) is 0 Å². The molecule has 0 radical (unpaired) electrons. The van der Waals surface area contributed by atoms with Gasteiger partial charge in [0.15, 0.2) is 6.04 Å². The SMILES string of the molecule is Cc1nc2ncnn2c2c1CCN2[C@H](c1ccc(F)c(Cl)c1)C(F)(F)F. The molecule has 5 nitrogen and oxygen atoms in total. The summed E-state index contributed by atoms with van der Waals surface area (Å²) in [6.07, 6.45) is -2.96. The largest absolute Gasteiger partial charge is 0.413 e. The van der Waals surface area contributed by atoms with E-state index in [1.807, 2.05) is 0 Å². The lowest BCUT2D eigenvalue weighted by Crippen LogP contribution is -2.38. The van der Waals surface area contributed by atoms with E-state index < -0.39 is 18.0 Å². The highest BCUT2D eigenvalue weighted by Gasteiger charge is 2.48. The van der Waals surface area contributed by atoms with Gasteiger partial charge < -0.3 is 4.90 Å². The smallest absolute Gasteiger partial charge is 0.340 e. The number of alkyl halides is 3. The van der Waals surface area contributed by atoms with Crippen molar-refractivity contribution in [1.82, 2.24) is 19.6 Å². The number of hydrogen-bond donors (Lipinski definition) is 0. The van der Waals surface area contributed by atoms with Gasteiger partial charge in [-0.2, -0.15) is 27.8 Å². The Balaban J connectivity index is 1.91. The molecule has 2 aromatic heterocycles. The molecule has 1 aliphatic rings. The van der Waals surface area contributed by atoms with Crippen LogP contribution in [-0.4, -0.2) is 32.3 Å². The summed E-state index contributed by atoms with van der Waals surface area (Å²) in [5.74, 6) is -0.240. The molecule has 0 bridgehead atoms. The minimum Gasteiger partial charge on any atom is -0.340 e. The van der Waals surface area contributed by atoms with Gasteiger partial charge in [0, 0.05) is 17.8 Å². The van der Waals surface area contributed by atoms with Crippen LogP contribution in [0.4, 0.5) is 23.4 Å². The van der Waals surface area contributed by atoms with Gasteiger partial charge >= 0.3 is 6.18 Å². The molecule has 3 aromatic rings. The first kappa shape index (κ1) is 17.0. The molecule has 0 saturated heterocycles. The number of rotatable bonds is 2. The van der Waals surface area contributed by atoms with Crippen molar-refractivity contribution in [2.75, 3.05) is 11.4 Å². The lowest BCUT2D eigenvalue weighted by atomic mass is 10.0. The molecule has 10 heteroatoms. The normalized spacial score (nSPS) is 15.5. The Morgan fingerprint density at radius 2 is 2.04 bits per heavy atom. The van der Waals surface area contributed by atoms with E-state index in [-0.39, 0.29) is 22.9 Å². The summed E-state index contributed by atoms with van der Waals surface area (Å²) in [6, 6.07) is 1.07. The molecular weight excluding hydrogens is 374 g/mol. The lowest BCUT2D eigenvalue weighted by Gasteiger charge is -2.32. The summed E-state index contributed by atoms with van der Waals surface area (Å²) in [6.45, 7) is 1.85. The average molecular weight is 386 g/mol. The first-order valence-corrected chi connectivity index (χ1v) is 8.12. The summed E-state index contributed by atoms with van der Waals surface area (Å²) < 4.78 is 56.7. The number of fused-ring (bicyclic) bond motifs is 3. The number of aryl methyl sites for hydroxylation is 1. The number of aromatic nitrogens is 4. The molecule has 0 amide bonds. The fraction of sp³-hybridized carbons (Fsp3) is 0.312. The molecule has 1 atom stereocenters. The maximum absolute atomic E-state index is 14.0. The molecule has 0 saturated carbocycles. The molecule has 0 aliphatic carbocycles. The van der Waals surface area contributed by atoms with E-state index >= 15 is 0 Å². The fourth-order valence-electron chi connectivity index (χ4n) is 3.37. The minimum atomic E-state index is -4.60. The highest BCUT2D eigenvalue weighted by Crippen LogP contribution is 2.44. The molecule has 26 heavy (non-hydrogen) atoms. The van der Waals surface area contributed by atoms with Gasteiger partial charge in [-0.15, -0.1) is 0 Å². The zero-order valence-electron chi connectivity index (χ0n) is 13.4. The monoisotopic (exact) mass is 385 g/mol. The number of halogens is 5. The Kier molecular flexibility index (Phi) is 3.80. The number of anilines is 1. The number of benzene rings is 1. The molecule has 1 aliphatic heterocycles. The predicted octanol–water partition coefficient (Wildman–Crippen LogP) is 3.89. The van der Waals surface area contributed by atoms with Gasteiger partial charge in [0.1, 0.15) is 18.0 Å². The van der Waals surface area contributed by atoms with Crippen LogP contribution in [-0.2, 0) is 6.42 Å². The maximum Gasteiger partial charge on any atom is 0.413 e. The molecule has 136 valence electrons. The fourth-order valence-corrected chi connectivity index (χ4v) is 3.56. The average Bonchev–Trinajstić information content (AvgIpc) is 3.16. The van der Waals surface area contributed by atoms with Crippen LogP contribution in [0, 0.1) is 12.7 Å². The number of hydrogen-bond acceptors (Lipinski definition) is 4. The van der Waals surface area contributed by atoms with Crippen molar-refractivity contribution in [2.24, 2.45) is 0 Å². The molecule has 0 unspecified atom stereocenters. The highest BCUT2D eigenvalue weighted by atomic mass is 35.5. The molecule has 0 spiro atoms. The first-order valence-electron chi connectivity index (χ1n) is 7.75. The van der Waals surface area contributed by atoms with Crippen LogP contribution in [0.2, 0.25) is 5.02 Å². The summed E-state index contributed by atoms with van der Waals surface area (Å²) in [7, 11) is 0. The van der Waals surface area contributed by atoms with Crippen molar-refractivity contribution >= 4 is 23.2 Å². The predicted molar refractivity (Wildman–Crippen MR) is 86.8 cm³/mol. The quantitative estimate of drug-likeness (QED) is 0.628. The van der Waals surface area contributed by atoms with E-state index in [4.69, 9.17) is 11.6 Å². The first-order chi connectivity index (χ1) is 12.3. The number of nitrogens with zero attached hydrogens (tertiary/aromatic N) is 5. The van der Waals surface area contributed by atoms with Gasteiger partial charge in [-0.1, -0.05) is 17.7 Å². The third-order valence-corrected chi connectivity index (χ3v) is 4.75. The van der Waals surface area contributed by atoms with E-state index in [9.17, 15) is 17.6 Å². The van der Waals surface area contributed by atoms with Crippen LogP contribution in [0.25, 0.3) is 5.78 Å². The van der Waals surface area contributed by atoms with Gasteiger partial charge in [0.2, 0.25) is 0 Å². The van der Waals surface area contributed by atoms with E-state index in [0.717, 1.165) is 18.2 Å². The summed E-state index contributed by atoms with van der Waals surface area (Å²) in [4.78, 5) is 9.45. The van der Waals surface area contributed by atoms with Crippen molar-refractivity contribution in [1.29, 1.82) is 0 Å². The zero-order valence-corrected chi connectivity index (χ0v) is 14.2. The Bertz CT molecular complexity index is 1000. The molecular formula is C16H12ClF4N5. The molecule has 1 aromatic carbocycles. The molecule has 4 rings (SSSR count). The third kappa shape index (κ3) is 2.57. The van der Waals surface area contributed by atoms with Crippen LogP contribution in [0.1, 0.15) is 22.9 Å². The Hall–Kier alpha value is -2.42. The maximum atomic E-state index is 14.0. The minimum absolute atomic E-state index is 0.121. The standard InChI is InChI=1S/C16H12ClF4N5/c1-8-10-4-5-25(14(10)26-15(24-8)22-7-23-26)13(16(19,20)21)9-2-3-12(18)11(17)6-9/h2-3,6-7,13H,4-5H2,1H3/t13-/m1/s1. The molecule has 0 N–H and O–H groups in total. The van der Waals surface area contributed by atoms with Crippen LogP contribution >= 0.6 is 11.6 Å². The van der Waals surface area contributed by atoms with Gasteiger partial charge in [-0.25, -0.2) is 9.37 Å². The van der Waals surface area contributed by atoms with Crippen molar-refractivity contribution in [2.45, 2.75) is 25.6 Å². The van der Waals surface area contributed by atoms with Crippen LogP contribution in [0.15, 0.2) is 24.5 Å². The Morgan fingerprint density at radius 1 is 1.27 bits per heavy atom. The van der Waals surface area contributed by atoms with Crippen LogP contribution in [0.5, 0.6) is 0 Å². The topological polar surface area (TPSA) is 46.3 Å². The second kappa shape index (κ2) is 5.80. The molecule has 0 fully saturated rings. The second-order valence-corrected chi connectivity index (χ2v) is 6.44. The summed E-state index contributed by atoms with van der Waals surface area (Å²) in [5, 5.41) is 3.67. The zero-order chi connectivity index (χ0) is 18.6. The highest BCUT2D eigenvalue weighted by molar-refractivity contribution is 6.30. The Morgan fingerprint density at radius 3 is 2.73 bits per heavy atom. The summed E-state index contributed by atoms with van der Waals surface area (Å²) in [5.41, 5.74) is 1.16. The van der Waals surface area contributed by atoms with Crippen LogP contribution < -0.4 is 4.90 Å². The van der Waals surface area contributed by atoms with E-state index in [2.05, 4.69) is 15.1 Å². The van der Waals surface area contributed by atoms with Crippen LogP contribution in [0.3, 0.4) is 0 Å². The van der Waals surface area contributed by atoms with Crippen molar-refractivity contribution in [3.8, 4) is 0 Å². The van der Waals surface area contributed by atoms with Crippen molar-refractivity contribution in [3.05, 3.63) is 52.2 Å². The van der Waals surface area contributed by atoms with Gasteiger partial charge in [0.05, 0.1) is 5.02 Å². The lowest BCUT2D eigenvalue weighted by molar-refractivity contribution is -0.150.